The largest absolute Gasteiger partial charge is 0.481 e. The molecule has 0 aliphatic heterocycles. The van der Waals surface area contributed by atoms with Crippen LogP contribution in [0.2, 0.25) is 0 Å². The molecular weight excluding hydrogens is 222 g/mol. The number of carboxylic acids is 1. The van der Waals surface area contributed by atoms with Crippen LogP contribution in [0.15, 0.2) is 6.20 Å². The first-order valence-electron chi connectivity index (χ1n) is 5.32. The van der Waals surface area contributed by atoms with Crippen molar-refractivity contribution >= 4 is 11.9 Å². The third-order valence-corrected chi connectivity index (χ3v) is 2.92. The van der Waals surface area contributed by atoms with E-state index in [1.165, 1.54) is 11.1 Å². The van der Waals surface area contributed by atoms with Crippen LogP contribution in [0.1, 0.15) is 29.4 Å². The van der Waals surface area contributed by atoms with E-state index in [-0.39, 0.29) is 18.4 Å². The maximum Gasteiger partial charge on any atom is 0.305 e. The van der Waals surface area contributed by atoms with Crippen molar-refractivity contribution in [2.24, 2.45) is 7.05 Å². The van der Waals surface area contributed by atoms with Gasteiger partial charge in [-0.15, -0.1) is 0 Å². The molecule has 1 N–H and O–H groups in total. The molecule has 1 aromatic rings. The van der Waals surface area contributed by atoms with E-state index in [4.69, 9.17) is 5.11 Å². The van der Waals surface area contributed by atoms with Gasteiger partial charge in [-0.25, -0.2) is 0 Å². The Morgan fingerprint density at radius 3 is 2.59 bits per heavy atom. The van der Waals surface area contributed by atoms with Crippen LogP contribution in [0.4, 0.5) is 0 Å². The van der Waals surface area contributed by atoms with Crippen LogP contribution in [0.5, 0.6) is 0 Å². The molecule has 0 radical (unpaired) electrons. The molecule has 17 heavy (non-hydrogen) atoms. The van der Waals surface area contributed by atoms with Gasteiger partial charge >= 0.3 is 5.97 Å². The Morgan fingerprint density at radius 1 is 1.59 bits per heavy atom. The number of carbonyl (C=O) groups is 2. The highest BCUT2D eigenvalue weighted by Gasteiger charge is 2.22. The van der Waals surface area contributed by atoms with Crippen LogP contribution >= 0.6 is 0 Å². The topological polar surface area (TPSA) is 75.4 Å². The zero-order chi connectivity index (χ0) is 13.2. The van der Waals surface area contributed by atoms with Gasteiger partial charge in [0, 0.05) is 25.8 Å². The summed E-state index contributed by atoms with van der Waals surface area (Å²) in [5, 5.41) is 12.7. The quantitative estimate of drug-likeness (QED) is 0.837. The number of amides is 1. The zero-order valence-corrected chi connectivity index (χ0v) is 10.5. The Morgan fingerprint density at radius 2 is 2.18 bits per heavy atom. The summed E-state index contributed by atoms with van der Waals surface area (Å²) in [7, 11) is 3.36. The fourth-order valence-corrected chi connectivity index (χ4v) is 1.49. The average molecular weight is 239 g/mol. The molecule has 1 rings (SSSR count). The van der Waals surface area contributed by atoms with Crippen LogP contribution in [0, 0.1) is 6.92 Å². The average Bonchev–Trinajstić information content (AvgIpc) is 2.57. The highest BCUT2D eigenvalue weighted by Crippen LogP contribution is 2.12. The molecule has 0 aromatic carbocycles. The fraction of sp³-hybridized carbons (Fsp3) is 0.545. The molecule has 94 valence electrons. The molecule has 1 unspecified atom stereocenters. The number of carbonyl (C=O) groups excluding carboxylic acids is 1. The van der Waals surface area contributed by atoms with Crippen molar-refractivity contribution in [3.63, 3.8) is 0 Å². The minimum atomic E-state index is -0.917. The smallest absolute Gasteiger partial charge is 0.305 e. The predicted molar refractivity (Wildman–Crippen MR) is 61.8 cm³/mol. The van der Waals surface area contributed by atoms with E-state index in [1.807, 2.05) is 0 Å². The lowest BCUT2D eigenvalue weighted by atomic mass is 10.1. The molecule has 6 heteroatoms. The van der Waals surface area contributed by atoms with Gasteiger partial charge in [-0.3, -0.25) is 14.3 Å². The van der Waals surface area contributed by atoms with Crippen molar-refractivity contribution in [2.75, 3.05) is 7.05 Å². The van der Waals surface area contributed by atoms with E-state index in [0.29, 0.717) is 5.56 Å². The van der Waals surface area contributed by atoms with Gasteiger partial charge in [0.25, 0.3) is 5.91 Å². The van der Waals surface area contributed by atoms with Crippen molar-refractivity contribution in [3.8, 4) is 0 Å². The first-order chi connectivity index (χ1) is 7.84. The highest BCUT2D eigenvalue weighted by molar-refractivity contribution is 5.95. The van der Waals surface area contributed by atoms with Crippen LogP contribution in [0.25, 0.3) is 0 Å². The third kappa shape index (κ3) is 2.83. The molecule has 0 fully saturated rings. The summed E-state index contributed by atoms with van der Waals surface area (Å²) in [5.74, 6) is -1.12. The summed E-state index contributed by atoms with van der Waals surface area (Å²) in [6.07, 6.45) is 1.43. The molecule has 6 nitrogen and oxygen atoms in total. The summed E-state index contributed by atoms with van der Waals surface area (Å²) < 4.78 is 1.61. The number of nitrogens with zero attached hydrogens (tertiary/aromatic N) is 3. The van der Waals surface area contributed by atoms with Crippen molar-refractivity contribution in [2.45, 2.75) is 26.3 Å². The predicted octanol–water partition coefficient (Wildman–Crippen LogP) is 0.664. The molecule has 1 amide bonds. The van der Waals surface area contributed by atoms with E-state index in [2.05, 4.69) is 5.10 Å². The molecule has 0 bridgehead atoms. The van der Waals surface area contributed by atoms with Crippen molar-refractivity contribution in [1.29, 1.82) is 0 Å². The van der Waals surface area contributed by atoms with Crippen molar-refractivity contribution in [1.82, 2.24) is 14.7 Å². The van der Waals surface area contributed by atoms with E-state index < -0.39 is 5.97 Å². The van der Waals surface area contributed by atoms with Gasteiger partial charge in [-0.2, -0.15) is 5.10 Å². The molecule has 1 aromatic heterocycles. The van der Waals surface area contributed by atoms with Gasteiger partial charge in [-0.05, 0) is 13.8 Å². The normalized spacial score (nSPS) is 12.2. The Balaban J connectivity index is 2.83. The molecule has 0 spiro atoms. The van der Waals surface area contributed by atoms with Crippen LogP contribution in [0.3, 0.4) is 0 Å². The number of hydrogen-bond acceptors (Lipinski definition) is 3. The van der Waals surface area contributed by atoms with Gasteiger partial charge < -0.3 is 10.0 Å². The van der Waals surface area contributed by atoms with E-state index in [1.54, 1.807) is 32.6 Å². The number of rotatable bonds is 4. The summed E-state index contributed by atoms with van der Waals surface area (Å²) >= 11 is 0. The molecule has 0 saturated heterocycles. The second-order valence-electron chi connectivity index (χ2n) is 4.13. The summed E-state index contributed by atoms with van der Waals surface area (Å²) in [5.41, 5.74) is 1.27. The van der Waals surface area contributed by atoms with E-state index >= 15 is 0 Å². The Bertz CT molecular complexity index is 439. The molecular formula is C11H17N3O3. The number of aliphatic carboxylic acids is 1. The van der Waals surface area contributed by atoms with Crippen LogP contribution < -0.4 is 0 Å². The van der Waals surface area contributed by atoms with Crippen LogP contribution in [-0.2, 0) is 11.8 Å². The monoisotopic (exact) mass is 239 g/mol. The lowest BCUT2D eigenvalue weighted by Crippen LogP contribution is -2.36. The second-order valence-corrected chi connectivity index (χ2v) is 4.13. The van der Waals surface area contributed by atoms with Gasteiger partial charge in [0.15, 0.2) is 0 Å². The third-order valence-electron chi connectivity index (χ3n) is 2.92. The molecule has 0 aliphatic rings. The lowest BCUT2D eigenvalue weighted by Gasteiger charge is -2.23. The molecule has 0 aliphatic carbocycles. The standard InChI is InChI=1S/C11H17N3O3/c1-7(5-10(15)16)13(3)11(17)9-6-12-14(4)8(9)2/h6-7H,5H2,1-4H3,(H,15,16). The Labute approximate surface area is 99.8 Å². The first-order valence-corrected chi connectivity index (χ1v) is 5.32. The minimum absolute atomic E-state index is 0.0679. The highest BCUT2D eigenvalue weighted by atomic mass is 16.4. The second kappa shape index (κ2) is 4.99. The van der Waals surface area contributed by atoms with E-state index in [9.17, 15) is 9.59 Å². The fourth-order valence-electron chi connectivity index (χ4n) is 1.49. The van der Waals surface area contributed by atoms with Gasteiger partial charge in [-0.1, -0.05) is 0 Å². The zero-order valence-electron chi connectivity index (χ0n) is 10.5. The van der Waals surface area contributed by atoms with Gasteiger partial charge in [0.2, 0.25) is 0 Å². The van der Waals surface area contributed by atoms with Gasteiger partial charge in [0.05, 0.1) is 18.2 Å². The SMILES string of the molecule is Cc1c(C(=O)N(C)C(C)CC(=O)O)cnn1C. The van der Waals surface area contributed by atoms with E-state index in [0.717, 1.165) is 5.69 Å². The number of aromatic nitrogens is 2. The number of carboxylic acid groups (broad SMARTS) is 1. The lowest BCUT2D eigenvalue weighted by molar-refractivity contribution is -0.137. The maximum atomic E-state index is 12.1. The first kappa shape index (κ1) is 13.2. The van der Waals surface area contributed by atoms with Crippen LogP contribution in [-0.4, -0.2) is 44.8 Å². The van der Waals surface area contributed by atoms with Crippen molar-refractivity contribution in [3.05, 3.63) is 17.5 Å². The minimum Gasteiger partial charge on any atom is -0.481 e. The maximum absolute atomic E-state index is 12.1. The van der Waals surface area contributed by atoms with Gasteiger partial charge in [0.1, 0.15) is 0 Å². The van der Waals surface area contributed by atoms with Crippen molar-refractivity contribution < 1.29 is 14.7 Å². The molecule has 0 saturated carbocycles. The number of hydrogen-bond donors (Lipinski definition) is 1. The Kier molecular flexibility index (Phi) is 3.88. The Hall–Kier alpha value is -1.85. The number of aryl methyl sites for hydroxylation is 1. The molecule has 1 atom stereocenters. The summed E-state index contributed by atoms with van der Waals surface area (Å²) in [6, 6.07) is -0.348. The summed E-state index contributed by atoms with van der Waals surface area (Å²) in [4.78, 5) is 24.1. The summed E-state index contributed by atoms with van der Waals surface area (Å²) in [6.45, 7) is 3.51. The molecule has 1 heterocycles.